The molecule has 1 saturated carbocycles. The summed E-state index contributed by atoms with van der Waals surface area (Å²) in [5.74, 6) is -2.04. The highest BCUT2D eigenvalue weighted by Crippen LogP contribution is 2.36. The van der Waals surface area contributed by atoms with Crippen LogP contribution in [-0.2, 0) is 4.74 Å². The number of ether oxygens (including phenoxy) is 2. The molecule has 0 unspecified atom stereocenters. The van der Waals surface area contributed by atoms with Crippen LogP contribution in [-0.4, -0.2) is 19.2 Å². The molecule has 152 valence electrons. The predicted molar refractivity (Wildman–Crippen MR) is 104 cm³/mol. The van der Waals surface area contributed by atoms with Gasteiger partial charge in [-0.15, -0.1) is 0 Å². The number of hydrogen-bond donors (Lipinski definition) is 0. The minimum Gasteiger partial charge on any atom is -0.423 e. The van der Waals surface area contributed by atoms with Gasteiger partial charge in [0, 0.05) is 25.3 Å². The van der Waals surface area contributed by atoms with E-state index in [1.54, 1.807) is 12.1 Å². The lowest BCUT2D eigenvalue weighted by Crippen LogP contribution is -2.18. The van der Waals surface area contributed by atoms with E-state index >= 15 is 0 Å². The number of halogens is 2. The van der Waals surface area contributed by atoms with Crippen LogP contribution in [0.15, 0.2) is 36.4 Å². The van der Waals surface area contributed by atoms with E-state index in [1.165, 1.54) is 11.6 Å². The maximum atomic E-state index is 13.7. The largest absolute Gasteiger partial charge is 0.423 e. The maximum absolute atomic E-state index is 13.7. The number of esters is 1. The lowest BCUT2D eigenvalue weighted by molar-refractivity contribution is 0.0733. The molecule has 1 aliphatic carbocycles. The van der Waals surface area contributed by atoms with Crippen LogP contribution >= 0.6 is 0 Å². The Labute approximate surface area is 169 Å². The average molecular weight is 399 g/mol. The molecule has 2 aromatic rings. The molecule has 1 aliphatic rings. The average Bonchev–Trinajstić information content (AvgIpc) is 2.72. The molecule has 0 saturated heterocycles. The molecule has 0 heterocycles. The lowest BCUT2D eigenvalue weighted by atomic mass is 9.79. The smallest absolute Gasteiger partial charge is 0.343 e. The lowest BCUT2D eigenvalue weighted by Gasteiger charge is -2.28. The van der Waals surface area contributed by atoms with Crippen molar-refractivity contribution in [2.75, 3.05) is 13.2 Å². The molecular formula is C23H23F2NO3. The number of hydrogen-bond acceptors (Lipinski definition) is 4. The van der Waals surface area contributed by atoms with E-state index in [0.717, 1.165) is 51.0 Å². The Morgan fingerprint density at radius 3 is 2.28 bits per heavy atom. The number of carbonyl (C=O) groups is 1. The number of carbonyl (C=O) groups excluding carboxylic acids is 1. The monoisotopic (exact) mass is 399 g/mol. The third kappa shape index (κ3) is 5.18. The van der Waals surface area contributed by atoms with Crippen molar-refractivity contribution in [3.8, 4) is 11.8 Å². The third-order valence-corrected chi connectivity index (χ3v) is 5.36. The Balaban J connectivity index is 1.60. The molecule has 4 nitrogen and oxygen atoms in total. The SMILES string of the molecule is CCOCC1CCC(c2ccc(C(=O)Oc3cc(F)c(C#N)c(F)c3)cc2)CC1. The molecule has 2 aromatic carbocycles. The maximum Gasteiger partial charge on any atom is 0.343 e. The van der Waals surface area contributed by atoms with Gasteiger partial charge in [-0.1, -0.05) is 12.1 Å². The quantitative estimate of drug-likeness (QED) is 0.484. The first-order valence-corrected chi connectivity index (χ1v) is 9.80. The summed E-state index contributed by atoms with van der Waals surface area (Å²) in [5.41, 5.74) is 0.765. The summed E-state index contributed by atoms with van der Waals surface area (Å²) in [6.45, 7) is 3.58. The van der Waals surface area contributed by atoms with Crippen LogP contribution in [0.25, 0.3) is 0 Å². The first kappa shape index (κ1) is 20.9. The predicted octanol–water partition coefficient (Wildman–Crippen LogP) is 5.37. The molecule has 0 atom stereocenters. The molecule has 0 aromatic heterocycles. The van der Waals surface area contributed by atoms with Gasteiger partial charge in [-0.3, -0.25) is 0 Å². The number of rotatable bonds is 6. The highest BCUT2D eigenvalue weighted by atomic mass is 19.1. The van der Waals surface area contributed by atoms with Crippen molar-refractivity contribution < 1.29 is 23.0 Å². The second-order valence-electron chi connectivity index (χ2n) is 7.26. The zero-order valence-corrected chi connectivity index (χ0v) is 16.3. The van der Waals surface area contributed by atoms with Crippen molar-refractivity contribution in [3.05, 3.63) is 64.7 Å². The second kappa shape index (κ2) is 9.62. The van der Waals surface area contributed by atoms with E-state index < -0.39 is 23.2 Å². The van der Waals surface area contributed by atoms with Crippen LogP contribution in [0.5, 0.6) is 5.75 Å². The van der Waals surface area contributed by atoms with E-state index in [0.29, 0.717) is 17.4 Å². The van der Waals surface area contributed by atoms with Gasteiger partial charge in [-0.25, -0.2) is 13.6 Å². The summed E-state index contributed by atoms with van der Waals surface area (Å²) >= 11 is 0. The Hall–Kier alpha value is -2.78. The highest BCUT2D eigenvalue weighted by Gasteiger charge is 2.23. The van der Waals surface area contributed by atoms with Crippen molar-refractivity contribution in [1.29, 1.82) is 5.26 Å². The van der Waals surface area contributed by atoms with Crippen LogP contribution in [0.4, 0.5) is 8.78 Å². The van der Waals surface area contributed by atoms with Gasteiger partial charge in [-0.05, 0) is 62.1 Å². The van der Waals surface area contributed by atoms with Crippen LogP contribution < -0.4 is 4.74 Å². The summed E-state index contributed by atoms with van der Waals surface area (Å²) in [4.78, 5) is 12.3. The highest BCUT2D eigenvalue weighted by molar-refractivity contribution is 5.91. The van der Waals surface area contributed by atoms with Crippen molar-refractivity contribution in [2.45, 2.75) is 38.5 Å². The Morgan fingerprint density at radius 1 is 1.10 bits per heavy atom. The standard InChI is InChI=1S/C23H23F2NO3/c1-2-28-14-15-3-5-16(6-4-15)17-7-9-18(10-8-17)23(27)29-19-11-21(24)20(13-26)22(25)12-19/h7-12,15-16H,2-6,14H2,1H3. The summed E-state index contributed by atoms with van der Waals surface area (Å²) < 4.78 is 37.9. The van der Waals surface area contributed by atoms with Crippen LogP contribution in [0.3, 0.4) is 0 Å². The molecule has 29 heavy (non-hydrogen) atoms. The van der Waals surface area contributed by atoms with Gasteiger partial charge in [-0.2, -0.15) is 5.26 Å². The Bertz CT molecular complexity index is 874. The summed E-state index contributed by atoms with van der Waals surface area (Å²) in [6, 6.07) is 10.2. The molecule has 1 fully saturated rings. The topological polar surface area (TPSA) is 59.3 Å². The fraction of sp³-hybridized carbons (Fsp3) is 0.391. The summed E-state index contributed by atoms with van der Waals surface area (Å²) in [7, 11) is 0. The molecule has 0 radical (unpaired) electrons. The number of nitrogens with zero attached hydrogens (tertiary/aromatic N) is 1. The van der Waals surface area contributed by atoms with Gasteiger partial charge < -0.3 is 9.47 Å². The van der Waals surface area contributed by atoms with E-state index in [9.17, 15) is 13.6 Å². The normalized spacial score (nSPS) is 18.8. The van der Waals surface area contributed by atoms with Crippen molar-refractivity contribution in [3.63, 3.8) is 0 Å². The van der Waals surface area contributed by atoms with Gasteiger partial charge >= 0.3 is 5.97 Å². The minimum absolute atomic E-state index is 0.277. The Kier molecular flexibility index (Phi) is 6.95. The van der Waals surface area contributed by atoms with Crippen molar-refractivity contribution >= 4 is 5.97 Å². The molecule has 0 bridgehead atoms. The molecular weight excluding hydrogens is 376 g/mol. The van der Waals surface area contributed by atoms with Crippen molar-refractivity contribution in [1.82, 2.24) is 0 Å². The number of benzene rings is 2. The van der Waals surface area contributed by atoms with Crippen LogP contribution in [0.2, 0.25) is 0 Å². The first-order valence-electron chi connectivity index (χ1n) is 9.80. The van der Waals surface area contributed by atoms with Gasteiger partial charge in [0.2, 0.25) is 0 Å². The fourth-order valence-electron chi connectivity index (χ4n) is 3.72. The second-order valence-corrected chi connectivity index (χ2v) is 7.26. The van der Waals surface area contributed by atoms with E-state index in [1.807, 2.05) is 19.1 Å². The van der Waals surface area contributed by atoms with Gasteiger partial charge in [0.15, 0.2) is 0 Å². The first-order chi connectivity index (χ1) is 14.0. The molecule has 0 aliphatic heterocycles. The molecule has 0 amide bonds. The van der Waals surface area contributed by atoms with Crippen LogP contribution in [0.1, 0.15) is 60.0 Å². The summed E-state index contributed by atoms with van der Waals surface area (Å²) in [6.07, 6.45) is 4.44. The molecule has 6 heteroatoms. The third-order valence-electron chi connectivity index (χ3n) is 5.36. The van der Waals surface area contributed by atoms with Gasteiger partial charge in [0.25, 0.3) is 0 Å². The van der Waals surface area contributed by atoms with Gasteiger partial charge in [0.1, 0.15) is 29.0 Å². The zero-order valence-electron chi connectivity index (χ0n) is 16.3. The molecule has 0 spiro atoms. The van der Waals surface area contributed by atoms with Crippen molar-refractivity contribution in [2.24, 2.45) is 5.92 Å². The minimum atomic E-state index is -1.06. The van der Waals surface area contributed by atoms with E-state index in [4.69, 9.17) is 14.7 Å². The molecule has 3 rings (SSSR count). The molecule has 0 N–H and O–H groups in total. The zero-order chi connectivity index (χ0) is 20.8. The van der Waals surface area contributed by atoms with E-state index in [2.05, 4.69) is 0 Å². The fourth-order valence-corrected chi connectivity index (χ4v) is 3.72. The summed E-state index contributed by atoms with van der Waals surface area (Å²) in [5, 5.41) is 8.69. The van der Waals surface area contributed by atoms with Crippen LogP contribution in [0, 0.1) is 28.9 Å². The number of nitriles is 1. The van der Waals surface area contributed by atoms with Gasteiger partial charge in [0.05, 0.1) is 5.56 Å². The Morgan fingerprint density at radius 2 is 1.72 bits per heavy atom. The van der Waals surface area contributed by atoms with E-state index in [-0.39, 0.29) is 5.75 Å².